The fraction of sp³-hybridized carbons (Fsp3) is 0.118. The molecule has 0 saturated carbocycles. The lowest BCUT2D eigenvalue weighted by Gasteiger charge is -2.07. The van der Waals surface area contributed by atoms with Crippen LogP contribution < -0.4 is 10.6 Å². The molecule has 1 aliphatic heterocycles. The highest BCUT2D eigenvalue weighted by Gasteiger charge is 2.26. The zero-order valence-electron chi connectivity index (χ0n) is 13.2. The molecule has 0 unspecified atom stereocenters. The van der Waals surface area contributed by atoms with E-state index in [4.69, 9.17) is 0 Å². The molecule has 3 amide bonds. The van der Waals surface area contributed by atoms with E-state index in [0.29, 0.717) is 5.69 Å². The van der Waals surface area contributed by atoms with Gasteiger partial charge in [-0.2, -0.15) is 0 Å². The summed E-state index contributed by atoms with van der Waals surface area (Å²) in [7, 11) is -3.33. The largest absolute Gasteiger partial charge is 0.322 e. The van der Waals surface area contributed by atoms with Crippen molar-refractivity contribution in [2.45, 2.75) is 11.8 Å². The SMILES string of the molecule is CCS(=O)(=O)c1ccc(C(=O)Nc2ccc3c(c2)C(=O)NC3=O)cc1. The molecule has 8 heteroatoms. The Hall–Kier alpha value is -3.00. The van der Waals surface area contributed by atoms with Crippen LogP contribution in [-0.2, 0) is 9.84 Å². The van der Waals surface area contributed by atoms with Gasteiger partial charge in [-0.05, 0) is 42.5 Å². The molecule has 128 valence electrons. The third kappa shape index (κ3) is 3.16. The summed E-state index contributed by atoms with van der Waals surface area (Å²) in [4.78, 5) is 35.6. The van der Waals surface area contributed by atoms with E-state index in [2.05, 4.69) is 10.6 Å². The monoisotopic (exact) mass is 358 g/mol. The molecule has 0 aliphatic carbocycles. The summed E-state index contributed by atoms with van der Waals surface area (Å²) in [6.07, 6.45) is 0. The standard InChI is InChI=1S/C17H14N2O5S/c1-2-25(23,24)12-6-3-10(4-7-12)15(20)18-11-5-8-13-14(9-11)17(22)19-16(13)21/h3-9H,2H2,1H3,(H,18,20)(H,19,21,22). The summed E-state index contributed by atoms with van der Waals surface area (Å²) in [5, 5.41) is 4.79. The number of fused-ring (bicyclic) bond motifs is 1. The number of sulfone groups is 1. The van der Waals surface area contributed by atoms with E-state index in [9.17, 15) is 22.8 Å². The maximum Gasteiger partial charge on any atom is 0.259 e. The molecule has 0 bridgehead atoms. The van der Waals surface area contributed by atoms with Gasteiger partial charge in [-0.15, -0.1) is 0 Å². The van der Waals surface area contributed by atoms with Gasteiger partial charge < -0.3 is 5.32 Å². The molecule has 0 atom stereocenters. The molecule has 1 heterocycles. The fourth-order valence-corrected chi connectivity index (χ4v) is 3.31. The van der Waals surface area contributed by atoms with Gasteiger partial charge in [0.25, 0.3) is 17.7 Å². The lowest BCUT2D eigenvalue weighted by atomic mass is 10.1. The quantitative estimate of drug-likeness (QED) is 0.807. The second-order valence-corrected chi connectivity index (χ2v) is 7.70. The number of hydrogen-bond acceptors (Lipinski definition) is 5. The Kier molecular flexibility index (Phi) is 4.13. The zero-order chi connectivity index (χ0) is 18.2. The molecular weight excluding hydrogens is 344 g/mol. The number of benzene rings is 2. The Balaban J connectivity index is 1.80. The van der Waals surface area contributed by atoms with Gasteiger partial charge in [0, 0.05) is 11.3 Å². The van der Waals surface area contributed by atoms with Crippen LogP contribution in [0.25, 0.3) is 0 Å². The first-order valence-electron chi connectivity index (χ1n) is 7.46. The van der Waals surface area contributed by atoms with Gasteiger partial charge in [0.2, 0.25) is 0 Å². The summed E-state index contributed by atoms with van der Waals surface area (Å²) in [5.41, 5.74) is 1.10. The lowest BCUT2D eigenvalue weighted by molar-refractivity contribution is 0.0878. The van der Waals surface area contributed by atoms with Crippen molar-refractivity contribution in [1.82, 2.24) is 5.32 Å². The van der Waals surface area contributed by atoms with Gasteiger partial charge in [0.1, 0.15) is 0 Å². The van der Waals surface area contributed by atoms with Crippen LogP contribution in [0.3, 0.4) is 0 Å². The first-order valence-corrected chi connectivity index (χ1v) is 9.11. The third-order valence-electron chi connectivity index (χ3n) is 3.85. The van der Waals surface area contributed by atoms with Crippen LogP contribution in [-0.4, -0.2) is 31.9 Å². The summed E-state index contributed by atoms with van der Waals surface area (Å²) in [5.74, 6) is -1.45. The fourth-order valence-electron chi connectivity index (χ4n) is 2.43. The molecule has 0 aromatic heterocycles. The zero-order valence-corrected chi connectivity index (χ0v) is 14.0. The van der Waals surface area contributed by atoms with Crippen LogP contribution in [0.1, 0.15) is 38.0 Å². The molecule has 2 aromatic rings. The number of imide groups is 1. The summed E-state index contributed by atoms with van der Waals surface area (Å²) in [6.45, 7) is 1.55. The second-order valence-electron chi connectivity index (χ2n) is 5.43. The summed E-state index contributed by atoms with van der Waals surface area (Å²) in [6, 6.07) is 9.99. The minimum atomic E-state index is -3.33. The minimum Gasteiger partial charge on any atom is -0.322 e. The van der Waals surface area contributed by atoms with Gasteiger partial charge in [0.05, 0.1) is 21.8 Å². The van der Waals surface area contributed by atoms with Crippen molar-refractivity contribution in [2.24, 2.45) is 0 Å². The van der Waals surface area contributed by atoms with Gasteiger partial charge in [-0.3, -0.25) is 19.7 Å². The van der Waals surface area contributed by atoms with Crippen LogP contribution in [0.15, 0.2) is 47.4 Å². The van der Waals surface area contributed by atoms with Crippen molar-refractivity contribution < 1.29 is 22.8 Å². The molecule has 25 heavy (non-hydrogen) atoms. The minimum absolute atomic E-state index is 0.0194. The van der Waals surface area contributed by atoms with E-state index in [0.717, 1.165) is 0 Å². The van der Waals surface area contributed by atoms with E-state index in [-0.39, 0.29) is 27.3 Å². The van der Waals surface area contributed by atoms with Crippen molar-refractivity contribution in [1.29, 1.82) is 0 Å². The molecule has 0 fully saturated rings. The smallest absolute Gasteiger partial charge is 0.259 e. The average Bonchev–Trinajstić information content (AvgIpc) is 2.89. The Labute approximate surface area is 144 Å². The molecule has 7 nitrogen and oxygen atoms in total. The summed E-state index contributed by atoms with van der Waals surface area (Å²) >= 11 is 0. The molecule has 2 N–H and O–H groups in total. The van der Waals surface area contributed by atoms with E-state index >= 15 is 0 Å². The van der Waals surface area contributed by atoms with Crippen LogP contribution in [0.5, 0.6) is 0 Å². The summed E-state index contributed by atoms with van der Waals surface area (Å²) < 4.78 is 23.5. The molecule has 0 radical (unpaired) electrons. The Morgan fingerprint density at radius 2 is 1.64 bits per heavy atom. The molecule has 2 aromatic carbocycles. The first kappa shape index (κ1) is 16.8. The van der Waals surface area contributed by atoms with Crippen molar-refractivity contribution in [2.75, 3.05) is 11.1 Å². The van der Waals surface area contributed by atoms with Crippen molar-refractivity contribution in [3.63, 3.8) is 0 Å². The van der Waals surface area contributed by atoms with E-state index in [1.165, 1.54) is 42.5 Å². The maximum absolute atomic E-state index is 12.3. The highest BCUT2D eigenvalue weighted by Crippen LogP contribution is 2.21. The normalized spacial score (nSPS) is 13.3. The predicted molar refractivity (Wildman–Crippen MR) is 90.4 cm³/mol. The van der Waals surface area contributed by atoms with Gasteiger partial charge in [-0.1, -0.05) is 6.92 Å². The van der Waals surface area contributed by atoms with Gasteiger partial charge in [0.15, 0.2) is 9.84 Å². The number of nitrogens with one attached hydrogen (secondary N) is 2. The lowest BCUT2D eigenvalue weighted by Crippen LogP contribution is -2.19. The van der Waals surface area contributed by atoms with Crippen molar-refractivity contribution in [3.05, 3.63) is 59.2 Å². The maximum atomic E-state index is 12.3. The number of carbonyl (C=O) groups excluding carboxylic acids is 3. The number of rotatable bonds is 4. The number of amides is 3. The highest BCUT2D eigenvalue weighted by molar-refractivity contribution is 7.91. The Morgan fingerprint density at radius 1 is 1.00 bits per heavy atom. The number of carbonyl (C=O) groups is 3. The van der Waals surface area contributed by atoms with E-state index < -0.39 is 27.6 Å². The van der Waals surface area contributed by atoms with E-state index in [1.54, 1.807) is 6.92 Å². The third-order valence-corrected chi connectivity index (χ3v) is 5.60. The average molecular weight is 358 g/mol. The van der Waals surface area contributed by atoms with Crippen molar-refractivity contribution in [3.8, 4) is 0 Å². The topological polar surface area (TPSA) is 109 Å². The Morgan fingerprint density at radius 3 is 2.28 bits per heavy atom. The van der Waals surface area contributed by atoms with Crippen LogP contribution in [0.2, 0.25) is 0 Å². The van der Waals surface area contributed by atoms with Crippen LogP contribution in [0, 0.1) is 0 Å². The molecular formula is C17H14N2O5S. The highest BCUT2D eigenvalue weighted by atomic mass is 32.2. The first-order chi connectivity index (χ1) is 11.8. The van der Waals surface area contributed by atoms with Crippen LogP contribution in [0.4, 0.5) is 5.69 Å². The number of hydrogen-bond donors (Lipinski definition) is 2. The molecule has 0 saturated heterocycles. The van der Waals surface area contributed by atoms with Crippen molar-refractivity contribution >= 4 is 33.2 Å². The van der Waals surface area contributed by atoms with E-state index in [1.807, 2.05) is 0 Å². The van der Waals surface area contributed by atoms with Gasteiger partial charge >= 0.3 is 0 Å². The molecule has 1 aliphatic rings. The Bertz CT molecular complexity index is 994. The number of anilines is 1. The molecule has 3 rings (SSSR count). The van der Waals surface area contributed by atoms with Crippen LogP contribution >= 0.6 is 0 Å². The van der Waals surface area contributed by atoms with Gasteiger partial charge in [-0.25, -0.2) is 8.42 Å². The molecule has 0 spiro atoms. The second kappa shape index (κ2) is 6.14. The predicted octanol–water partition coefficient (Wildman–Crippen LogP) is 1.62.